The number of fused-ring (bicyclic) bond motifs is 1. The number of hydrogen-bond donors (Lipinski definition) is 0. The maximum absolute atomic E-state index is 11.7. The zero-order valence-electron chi connectivity index (χ0n) is 34.1. The molecule has 0 amide bonds. The Hall–Kier alpha value is -1.07. The lowest BCUT2D eigenvalue weighted by Crippen LogP contribution is -2.06. The van der Waals surface area contributed by atoms with E-state index in [1.54, 1.807) is 45.0 Å². The van der Waals surface area contributed by atoms with Gasteiger partial charge in [0.05, 0.1) is 44.7 Å². The minimum absolute atomic E-state index is 0.0521. The molecule has 0 radical (unpaired) electrons. The van der Waals surface area contributed by atoms with Gasteiger partial charge in [0, 0.05) is 64.6 Å². The molecule has 4 rings (SSSR count). The summed E-state index contributed by atoms with van der Waals surface area (Å²) in [5.41, 5.74) is 1.29. The Morgan fingerprint density at radius 1 is 0.661 bits per heavy atom. The van der Waals surface area contributed by atoms with Crippen molar-refractivity contribution in [3.8, 4) is 17.5 Å². The Bertz CT molecular complexity index is 2180. The van der Waals surface area contributed by atoms with Crippen molar-refractivity contribution in [2.24, 2.45) is 0 Å². The molecule has 0 N–H and O–H groups in total. The predicted molar refractivity (Wildman–Crippen MR) is 247 cm³/mol. The fourth-order valence-corrected chi connectivity index (χ4v) is 11.1. The van der Waals surface area contributed by atoms with E-state index in [1.807, 2.05) is 48.5 Å². The molecule has 0 spiro atoms. The maximum atomic E-state index is 11.7. The van der Waals surface area contributed by atoms with Gasteiger partial charge < -0.3 is 18.0 Å². The number of aryl methyl sites for hydroxylation is 2. The Kier molecular flexibility index (Phi) is 23.7. The van der Waals surface area contributed by atoms with Gasteiger partial charge in [-0.25, -0.2) is 9.78 Å². The third-order valence-electron chi connectivity index (χ3n) is 6.63. The van der Waals surface area contributed by atoms with Crippen LogP contribution in [0.1, 0.15) is 78.4 Å². The maximum Gasteiger partial charge on any atom is 0.381 e. The molecule has 24 heteroatoms. The number of nitrogens with zero attached hydrogens (tertiary/aromatic N) is 3. The van der Waals surface area contributed by atoms with Gasteiger partial charge in [0.15, 0.2) is 5.15 Å². The van der Waals surface area contributed by atoms with Crippen LogP contribution in [0.25, 0.3) is 11.0 Å². The molecule has 0 atom stereocenters. The van der Waals surface area contributed by atoms with Gasteiger partial charge in [0.1, 0.15) is 27.2 Å². The van der Waals surface area contributed by atoms with E-state index >= 15 is 0 Å². The summed E-state index contributed by atoms with van der Waals surface area (Å²) in [6.07, 6.45) is 0. The van der Waals surface area contributed by atoms with E-state index in [4.69, 9.17) is 127 Å². The number of aromatic nitrogens is 3. The van der Waals surface area contributed by atoms with Crippen LogP contribution in [-0.2, 0) is 62.6 Å². The van der Waals surface area contributed by atoms with Gasteiger partial charge in [-0.1, -0.05) is 60.3 Å². The fraction of sp³-hybridized carbons (Fsp3) is 0.486. The first-order valence-corrected chi connectivity index (χ1v) is 27.3. The first kappa shape index (κ1) is 54.1. The van der Waals surface area contributed by atoms with Gasteiger partial charge in [0.25, 0.3) is 0 Å². The van der Waals surface area contributed by atoms with E-state index in [0.717, 1.165) is 16.9 Å². The van der Waals surface area contributed by atoms with E-state index in [9.17, 15) is 4.79 Å². The summed E-state index contributed by atoms with van der Waals surface area (Å²) in [5, 5.41) is 1.31. The third-order valence-corrected chi connectivity index (χ3v) is 15.3. The van der Waals surface area contributed by atoms with Crippen molar-refractivity contribution in [2.75, 3.05) is 39.6 Å². The van der Waals surface area contributed by atoms with Crippen LogP contribution in [0.4, 0.5) is 0 Å². The van der Waals surface area contributed by atoms with Crippen molar-refractivity contribution in [3.63, 3.8) is 0 Å². The van der Waals surface area contributed by atoms with Crippen LogP contribution >= 0.6 is 66.6 Å². The molecule has 1 aromatic carbocycles. The highest BCUT2D eigenvalue weighted by Gasteiger charge is 2.25. The van der Waals surface area contributed by atoms with E-state index in [-0.39, 0.29) is 32.0 Å². The summed E-state index contributed by atoms with van der Waals surface area (Å²) in [4.78, 5) is 24.3. The smallest absolute Gasteiger partial charge is 0.381 e. The summed E-state index contributed by atoms with van der Waals surface area (Å²) in [7, 11) is 0. The highest BCUT2D eigenvalue weighted by atomic mass is 35.5. The van der Waals surface area contributed by atoms with Crippen molar-refractivity contribution < 1.29 is 45.1 Å². The summed E-state index contributed by atoms with van der Waals surface area (Å²) in [5.74, 6) is 1.84. The second-order valence-electron chi connectivity index (χ2n) is 11.5. The van der Waals surface area contributed by atoms with Crippen molar-refractivity contribution in [2.45, 2.75) is 75.2 Å². The van der Waals surface area contributed by atoms with E-state index in [0.29, 0.717) is 62.4 Å². The predicted octanol–water partition coefficient (Wildman–Crippen LogP) is 12.7. The fourth-order valence-electron chi connectivity index (χ4n) is 4.30. The summed E-state index contributed by atoms with van der Waals surface area (Å²) < 4.78 is 54.3. The molecule has 0 unspecified atom stereocenters. The highest BCUT2D eigenvalue weighted by Crippen LogP contribution is 2.52. The highest BCUT2D eigenvalue weighted by molar-refractivity contribution is 8.08. The first-order chi connectivity index (χ1) is 27.7. The number of hydrogen-bond acceptors (Lipinski definition) is 17. The van der Waals surface area contributed by atoms with Gasteiger partial charge >= 0.3 is 25.8 Å². The minimum Gasteiger partial charge on any atom is -0.424 e. The normalized spacial score (nSPS) is 11.8. The average molecular weight is 1020 g/mol. The molecular weight excluding hydrogens is 969 g/mol. The topological polar surface area (TPSA) is 152 Å². The largest absolute Gasteiger partial charge is 0.424 e. The molecule has 4 aromatic rings. The molecule has 0 aliphatic rings. The lowest BCUT2D eigenvalue weighted by molar-refractivity contribution is 0.215. The Labute approximate surface area is 380 Å². The van der Waals surface area contributed by atoms with Crippen molar-refractivity contribution in [1.82, 2.24) is 15.0 Å². The standard InChI is InChI=1S/C14H16ClO5PS.C12H21N2O3PS.C9H11Cl3NO3PS/c1-4-17-21(22,18-5-2)20-10-6-7-11-9(3)13(15)14(16)19-12(11)8-10;1-6-15-18(19,16-7-2)17-11-8-10(5)13-12(14-11)9(3)4;1-3-14-17(18,15-4-2)16-9-7(11)5-6(10)8(12)13-9/h6-8H,4-5H2,1-3H3;8-9H,6-7H2,1-5H3;5H,3-4H2,1-2H3. The van der Waals surface area contributed by atoms with Gasteiger partial charge in [-0.15, -0.1) is 0 Å². The quantitative estimate of drug-likeness (QED) is 0.0497. The lowest BCUT2D eigenvalue weighted by atomic mass is 10.1. The molecule has 0 saturated heterocycles. The van der Waals surface area contributed by atoms with Crippen LogP contribution in [0.15, 0.2) is 39.5 Å². The molecule has 0 aliphatic heterocycles. The summed E-state index contributed by atoms with van der Waals surface area (Å²) >= 11 is 39.2. The molecule has 0 fully saturated rings. The average Bonchev–Trinajstić information content (AvgIpc) is 3.13. The van der Waals surface area contributed by atoms with Crippen LogP contribution in [-0.4, -0.2) is 54.6 Å². The second kappa shape index (κ2) is 25.9. The van der Waals surface area contributed by atoms with Gasteiger partial charge in [-0.05, 0) is 79.2 Å². The molecule has 3 heterocycles. The van der Waals surface area contributed by atoms with Gasteiger partial charge in [-0.2, -0.15) is 9.97 Å². The molecule has 59 heavy (non-hydrogen) atoms. The molecule has 330 valence electrons. The zero-order chi connectivity index (χ0) is 44.6. The number of halogens is 4. The summed E-state index contributed by atoms with van der Waals surface area (Å²) in [6, 6.07) is 8.21. The molecule has 0 aliphatic carbocycles. The first-order valence-electron chi connectivity index (χ1n) is 18.1. The van der Waals surface area contributed by atoms with Crippen LogP contribution in [0.2, 0.25) is 20.2 Å². The van der Waals surface area contributed by atoms with Crippen LogP contribution < -0.4 is 19.2 Å². The molecule has 0 bridgehead atoms. The second-order valence-corrected chi connectivity index (χ2v) is 21.9. The van der Waals surface area contributed by atoms with Crippen LogP contribution in [0, 0.1) is 13.8 Å². The van der Waals surface area contributed by atoms with E-state index in [2.05, 4.69) is 15.0 Å². The van der Waals surface area contributed by atoms with Crippen molar-refractivity contribution in [1.29, 1.82) is 0 Å². The number of rotatable bonds is 19. The molecule has 14 nitrogen and oxygen atoms in total. The van der Waals surface area contributed by atoms with E-state index < -0.39 is 25.8 Å². The number of benzene rings is 1. The molecule has 0 saturated carbocycles. The Morgan fingerprint density at radius 2 is 1.15 bits per heavy atom. The SMILES string of the molecule is CCOP(=S)(OCC)Oc1cc(C)nc(C(C)C)n1.CCOP(=S)(OCC)Oc1ccc2c(C)c(Cl)c(=O)oc2c1.CCOP(=S)(OCC)Oc1nc(Cl)c(Cl)cc1Cl. The van der Waals surface area contributed by atoms with Crippen LogP contribution in [0.5, 0.6) is 17.5 Å². The van der Waals surface area contributed by atoms with Crippen molar-refractivity contribution in [3.05, 3.63) is 78.1 Å². The van der Waals surface area contributed by atoms with Gasteiger partial charge in [-0.3, -0.25) is 27.1 Å². The third kappa shape index (κ3) is 17.6. The molecule has 3 aromatic heterocycles. The number of pyridine rings is 1. The summed E-state index contributed by atoms with van der Waals surface area (Å²) in [6.45, 7) is 12.4. The Balaban J connectivity index is 0.000000307. The lowest BCUT2D eigenvalue weighted by Gasteiger charge is -2.21. The van der Waals surface area contributed by atoms with Gasteiger partial charge in [0.2, 0.25) is 11.8 Å². The monoisotopic (exact) mass is 1020 g/mol. The van der Waals surface area contributed by atoms with Crippen LogP contribution in [0.3, 0.4) is 0 Å². The van der Waals surface area contributed by atoms with E-state index in [1.165, 1.54) is 6.07 Å². The van der Waals surface area contributed by atoms with Crippen molar-refractivity contribution >= 4 is 113 Å². The minimum atomic E-state index is -2.92. The Morgan fingerprint density at radius 3 is 1.64 bits per heavy atom. The molecular formula is C35H48Cl4N3O11P3S3. The zero-order valence-corrected chi connectivity index (χ0v) is 42.3.